The first-order chi connectivity index (χ1) is 18.7. The van der Waals surface area contributed by atoms with Crippen LogP contribution in [0.4, 0.5) is 0 Å². The second-order valence-electron chi connectivity index (χ2n) is 8.18. The van der Waals surface area contributed by atoms with Crippen molar-refractivity contribution in [3.05, 3.63) is 54.0 Å². The van der Waals surface area contributed by atoms with E-state index in [9.17, 15) is 27.6 Å². The Kier molecular flexibility index (Phi) is 17.1. The molecule has 3 heterocycles. The molecule has 0 saturated carbocycles. The third kappa shape index (κ3) is 14.6. The van der Waals surface area contributed by atoms with Crippen molar-refractivity contribution in [3.63, 3.8) is 0 Å². The van der Waals surface area contributed by atoms with E-state index in [2.05, 4.69) is 35.1 Å². The Balaban J connectivity index is 0.000000480. The highest BCUT2D eigenvalue weighted by molar-refractivity contribution is 7.93. The summed E-state index contributed by atoms with van der Waals surface area (Å²) in [7, 11) is 3.40. The van der Waals surface area contributed by atoms with Gasteiger partial charge in [-0.15, -0.1) is 5.06 Å². The predicted octanol–water partition coefficient (Wildman–Crippen LogP) is 2.39. The number of aryl methyl sites for hydroxylation is 1. The standard InChI is InChI=1S/C8H10O.C5H7NO3.C5H5NO3.C5H9NS.C3H6O2S/c1-7-3-5-8(9-2)6-4-7;2*1-9-6-4(7)2-3-5(6)8;1-6-4-2-3-5(6)7;1-3-6(2,4)5/h3-6H,1-2H3;2-3H2,1H3;2-3H,1H3;2-4H2,1H3;3H,1H2,2H3. The van der Waals surface area contributed by atoms with Crippen LogP contribution >= 0.6 is 12.2 Å². The number of benzene rings is 1. The number of carbonyl (C=O) groups is 4. The molecule has 0 atom stereocenters. The molecule has 40 heavy (non-hydrogen) atoms. The first-order valence-electron chi connectivity index (χ1n) is 11.9. The number of likely N-dealkylation sites (tertiary alicyclic amines) is 1. The maximum absolute atomic E-state index is 10.6. The topological polar surface area (TPSA) is 140 Å². The Labute approximate surface area is 241 Å². The van der Waals surface area contributed by atoms with Gasteiger partial charge in [0.2, 0.25) is 0 Å². The van der Waals surface area contributed by atoms with Gasteiger partial charge >= 0.3 is 0 Å². The molecular weight excluding hydrogens is 562 g/mol. The summed E-state index contributed by atoms with van der Waals surface area (Å²) in [5.41, 5.74) is 1.26. The number of nitrogens with zero attached hydrogens (tertiary/aromatic N) is 3. The van der Waals surface area contributed by atoms with E-state index in [0.717, 1.165) is 46.0 Å². The third-order valence-electron chi connectivity index (χ3n) is 5.01. The Hall–Kier alpha value is -3.46. The summed E-state index contributed by atoms with van der Waals surface area (Å²) >= 11 is 4.97. The van der Waals surface area contributed by atoms with E-state index in [1.807, 2.05) is 24.3 Å². The van der Waals surface area contributed by atoms with E-state index in [-0.39, 0.29) is 24.7 Å². The Morgan fingerprint density at radius 2 is 1.32 bits per heavy atom. The molecule has 0 unspecified atom stereocenters. The number of carbonyl (C=O) groups excluding carboxylic acids is 4. The van der Waals surface area contributed by atoms with E-state index >= 15 is 0 Å². The van der Waals surface area contributed by atoms with Crippen LogP contribution in [0, 0.1) is 6.92 Å². The lowest BCUT2D eigenvalue weighted by molar-refractivity contribution is -0.179. The molecule has 2 saturated heterocycles. The lowest BCUT2D eigenvalue weighted by Gasteiger charge is -2.07. The van der Waals surface area contributed by atoms with Crippen LogP contribution in [-0.2, 0) is 38.7 Å². The average molecular weight is 600 g/mol. The van der Waals surface area contributed by atoms with Crippen molar-refractivity contribution in [2.24, 2.45) is 0 Å². The van der Waals surface area contributed by atoms with Gasteiger partial charge in [-0.3, -0.25) is 28.9 Å². The fraction of sp³-hybridized carbons (Fsp3) is 0.423. The zero-order chi connectivity index (χ0) is 30.9. The number of sulfone groups is 1. The van der Waals surface area contributed by atoms with Crippen molar-refractivity contribution in [1.82, 2.24) is 15.0 Å². The maximum Gasteiger partial charge on any atom is 0.277 e. The lowest BCUT2D eigenvalue weighted by Crippen LogP contribution is -2.28. The van der Waals surface area contributed by atoms with Crippen LogP contribution in [0.25, 0.3) is 0 Å². The molecule has 0 bridgehead atoms. The number of amides is 4. The molecule has 14 heteroatoms. The number of rotatable bonds is 4. The highest BCUT2D eigenvalue weighted by Crippen LogP contribution is 2.11. The predicted molar refractivity (Wildman–Crippen MR) is 153 cm³/mol. The van der Waals surface area contributed by atoms with E-state index in [4.69, 9.17) is 17.0 Å². The van der Waals surface area contributed by atoms with E-state index in [1.54, 1.807) is 7.11 Å². The summed E-state index contributed by atoms with van der Waals surface area (Å²) in [6.45, 7) is 6.26. The van der Waals surface area contributed by atoms with E-state index < -0.39 is 21.7 Å². The molecule has 3 aliphatic heterocycles. The molecule has 12 nitrogen and oxygen atoms in total. The molecule has 0 aromatic heterocycles. The van der Waals surface area contributed by atoms with Gasteiger partial charge in [0.05, 0.1) is 26.3 Å². The molecule has 0 aliphatic carbocycles. The van der Waals surface area contributed by atoms with Crippen molar-refractivity contribution in [3.8, 4) is 5.75 Å². The zero-order valence-electron chi connectivity index (χ0n) is 23.6. The van der Waals surface area contributed by atoms with Gasteiger partial charge in [0.15, 0.2) is 9.84 Å². The second kappa shape index (κ2) is 18.8. The molecule has 0 radical (unpaired) electrons. The summed E-state index contributed by atoms with van der Waals surface area (Å²) in [6.07, 6.45) is 6.37. The highest BCUT2D eigenvalue weighted by Gasteiger charge is 2.28. The van der Waals surface area contributed by atoms with Crippen molar-refractivity contribution >= 4 is 50.7 Å². The molecule has 222 valence electrons. The molecular formula is C26H37N3O9S2. The molecule has 0 spiro atoms. The monoisotopic (exact) mass is 599 g/mol. The van der Waals surface area contributed by atoms with Crippen molar-refractivity contribution in [2.75, 3.05) is 41.2 Å². The number of hydrogen-bond acceptors (Lipinski definition) is 10. The van der Waals surface area contributed by atoms with E-state index in [0.29, 0.717) is 5.06 Å². The summed E-state index contributed by atoms with van der Waals surface area (Å²) in [5, 5.41) is 2.38. The highest BCUT2D eigenvalue weighted by atomic mass is 32.2. The molecule has 1 aromatic carbocycles. The van der Waals surface area contributed by atoms with Gasteiger partial charge in [-0.1, -0.05) is 36.5 Å². The SMILES string of the molecule is C=CS(C)(=O)=O.CN1CCCC1=S.CON1C(=O)C=CC1=O.CON1C(=O)CCC1=O.COc1ccc(C)cc1. The fourth-order valence-electron chi connectivity index (χ4n) is 2.78. The van der Waals surface area contributed by atoms with Gasteiger partial charge in [-0.2, -0.15) is 5.06 Å². The van der Waals surface area contributed by atoms with Gasteiger partial charge in [0.1, 0.15) is 5.75 Å². The molecule has 4 amide bonds. The van der Waals surface area contributed by atoms with Crippen molar-refractivity contribution < 1.29 is 42.0 Å². The normalized spacial score (nSPS) is 15.8. The number of ether oxygens (including phenoxy) is 1. The molecule has 4 rings (SSSR count). The number of thiocarbonyl (C=S) groups is 1. The van der Waals surface area contributed by atoms with Crippen LogP contribution in [-0.4, -0.2) is 93.2 Å². The van der Waals surface area contributed by atoms with Gasteiger partial charge in [0.25, 0.3) is 23.6 Å². The maximum atomic E-state index is 10.6. The van der Waals surface area contributed by atoms with Crippen LogP contribution in [0.5, 0.6) is 5.75 Å². The smallest absolute Gasteiger partial charge is 0.277 e. The fourth-order valence-corrected chi connectivity index (χ4v) is 3.02. The van der Waals surface area contributed by atoms with Crippen LogP contribution in [0.3, 0.4) is 0 Å². The summed E-state index contributed by atoms with van der Waals surface area (Å²) < 4.78 is 24.7. The van der Waals surface area contributed by atoms with Crippen LogP contribution in [0.2, 0.25) is 0 Å². The van der Waals surface area contributed by atoms with Gasteiger partial charge in [-0.05, 0) is 31.9 Å². The largest absolute Gasteiger partial charge is 0.497 e. The quantitative estimate of drug-likeness (QED) is 0.372. The minimum atomic E-state index is -2.90. The lowest BCUT2D eigenvalue weighted by atomic mass is 10.2. The van der Waals surface area contributed by atoms with Crippen LogP contribution in [0.15, 0.2) is 48.4 Å². The third-order valence-corrected chi connectivity index (χ3v) is 6.13. The second-order valence-corrected chi connectivity index (χ2v) is 10.6. The van der Waals surface area contributed by atoms with Crippen LogP contribution in [0.1, 0.15) is 31.2 Å². The summed E-state index contributed by atoms with van der Waals surface area (Å²) in [4.78, 5) is 54.3. The first kappa shape index (κ1) is 36.5. The number of imide groups is 2. The van der Waals surface area contributed by atoms with Gasteiger partial charge in [0, 0.05) is 50.2 Å². The molecule has 2 fully saturated rings. The summed E-state index contributed by atoms with van der Waals surface area (Å²) in [6, 6.07) is 7.96. The number of hydroxylamine groups is 4. The van der Waals surface area contributed by atoms with Gasteiger partial charge in [-0.25, -0.2) is 8.42 Å². The first-order valence-corrected chi connectivity index (χ1v) is 14.2. The molecule has 1 aromatic rings. The average Bonchev–Trinajstić information content (AvgIpc) is 3.57. The van der Waals surface area contributed by atoms with Crippen LogP contribution < -0.4 is 4.74 Å². The Morgan fingerprint density at radius 1 is 0.875 bits per heavy atom. The van der Waals surface area contributed by atoms with E-state index in [1.165, 1.54) is 32.7 Å². The number of hydrogen-bond donors (Lipinski definition) is 0. The van der Waals surface area contributed by atoms with Crippen molar-refractivity contribution in [1.29, 1.82) is 0 Å². The minimum absolute atomic E-state index is 0.248. The molecule has 0 N–H and O–H groups in total. The molecule has 3 aliphatic rings. The Morgan fingerprint density at radius 3 is 1.55 bits per heavy atom. The Bertz CT molecular complexity index is 1120. The van der Waals surface area contributed by atoms with Gasteiger partial charge < -0.3 is 9.64 Å². The minimum Gasteiger partial charge on any atom is -0.497 e. The summed E-state index contributed by atoms with van der Waals surface area (Å²) in [5.74, 6) is -0.435. The van der Waals surface area contributed by atoms with Crippen molar-refractivity contribution in [2.45, 2.75) is 32.6 Å². The zero-order valence-corrected chi connectivity index (χ0v) is 25.2. The number of methoxy groups -OCH3 is 1.